The lowest BCUT2D eigenvalue weighted by atomic mass is 10.0. The summed E-state index contributed by atoms with van der Waals surface area (Å²) in [5, 5.41) is 0. The molecule has 1 heterocycles. The van der Waals surface area contributed by atoms with Crippen molar-refractivity contribution in [3.05, 3.63) is 0 Å². The summed E-state index contributed by atoms with van der Waals surface area (Å²) in [6.45, 7) is 2.77. The first-order valence-electron chi connectivity index (χ1n) is 4.75. The lowest BCUT2D eigenvalue weighted by molar-refractivity contribution is 0.0611. The van der Waals surface area contributed by atoms with Crippen molar-refractivity contribution in [2.24, 2.45) is 16.6 Å². The Morgan fingerprint density at radius 2 is 2.15 bits per heavy atom. The summed E-state index contributed by atoms with van der Waals surface area (Å²) < 4.78 is 5.29. The lowest BCUT2D eigenvalue weighted by Crippen LogP contribution is -2.38. The van der Waals surface area contributed by atoms with E-state index in [0.29, 0.717) is 11.9 Å². The van der Waals surface area contributed by atoms with Crippen LogP contribution < -0.4 is 5.73 Å². The van der Waals surface area contributed by atoms with Gasteiger partial charge in [0.25, 0.3) is 0 Å². The summed E-state index contributed by atoms with van der Waals surface area (Å²) >= 11 is 0. The number of nitrogens with two attached hydrogens (primary N) is 1. The van der Waals surface area contributed by atoms with E-state index in [1.54, 1.807) is 7.05 Å². The molecule has 0 spiro atoms. The minimum Gasteiger partial charge on any atom is -0.381 e. The zero-order valence-corrected chi connectivity index (χ0v) is 8.49. The second-order valence-corrected chi connectivity index (χ2v) is 3.52. The molecule has 1 aliphatic heterocycles. The third-order valence-corrected chi connectivity index (χ3v) is 2.49. The molecule has 0 aromatic rings. The maximum Gasteiger partial charge on any atom is 0.190 e. The average molecular weight is 185 g/mol. The van der Waals surface area contributed by atoms with E-state index in [2.05, 4.69) is 4.99 Å². The summed E-state index contributed by atoms with van der Waals surface area (Å²) in [6, 6.07) is 0. The van der Waals surface area contributed by atoms with Gasteiger partial charge < -0.3 is 15.4 Å². The van der Waals surface area contributed by atoms with Crippen LogP contribution in [0.1, 0.15) is 12.8 Å². The third-order valence-electron chi connectivity index (χ3n) is 2.49. The van der Waals surface area contributed by atoms with Gasteiger partial charge in [-0.3, -0.25) is 4.99 Å². The van der Waals surface area contributed by atoms with Crippen LogP contribution in [0.5, 0.6) is 0 Å². The van der Waals surface area contributed by atoms with Gasteiger partial charge in [-0.2, -0.15) is 0 Å². The van der Waals surface area contributed by atoms with Crippen LogP contribution in [0.15, 0.2) is 4.99 Å². The first-order valence-corrected chi connectivity index (χ1v) is 4.75. The summed E-state index contributed by atoms with van der Waals surface area (Å²) in [6.07, 6.45) is 2.28. The Balaban J connectivity index is 2.30. The van der Waals surface area contributed by atoms with E-state index in [1.165, 1.54) is 0 Å². The molecule has 4 heteroatoms. The van der Waals surface area contributed by atoms with E-state index in [0.717, 1.165) is 32.6 Å². The van der Waals surface area contributed by atoms with Crippen molar-refractivity contribution >= 4 is 5.96 Å². The first-order chi connectivity index (χ1) is 6.24. The predicted octanol–water partition coefficient (Wildman–Crippen LogP) is 0.289. The van der Waals surface area contributed by atoms with Crippen LogP contribution in [-0.4, -0.2) is 44.7 Å². The fourth-order valence-corrected chi connectivity index (χ4v) is 1.58. The Hall–Kier alpha value is -0.770. The van der Waals surface area contributed by atoms with Crippen LogP contribution in [0.2, 0.25) is 0 Å². The highest BCUT2D eigenvalue weighted by molar-refractivity contribution is 5.77. The van der Waals surface area contributed by atoms with Crippen LogP contribution in [-0.2, 0) is 4.74 Å². The Bertz CT molecular complexity index is 176. The standard InChI is InChI=1S/C9H19N3O/c1-11-9(10)12(2)7-8-3-5-13-6-4-8/h8H,3-7H2,1-2H3,(H2,10,11). The van der Waals surface area contributed by atoms with Gasteiger partial charge in [0.2, 0.25) is 0 Å². The molecule has 0 unspecified atom stereocenters. The number of rotatable bonds is 2. The fraction of sp³-hybridized carbons (Fsp3) is 0.889. The van der Waals surface area contributed by atoms with Crippen molar-refractivity contribution < 1.29 is 4.74 Å². The quantitative estimate of drug-likeness (QED) is 0.497. The molecule has 1 rings (SSSR count). The largest absolute Gasteiger partial charge is 0.381 e. The number of ether oxygens (including phenoxy) is 1. The maximum absolute atomic E-state index is 5.68. The SMILES string of the molecule is CN=C(N)N(C)CC1CCOCC1. The first kappa shape index (κ1) is 10.3. The van der Waals surface area contributed by atoms with Gasteiger partial charge >= 0.3 is 0 Å². The third kappa shape index (κ3) is 3.22. The van der Waals surface area contributed by atoms with E-state index in [9.17, 15) is 0 Å². The van der Waals surface area contributed by atoms with E-state index >= 15 is 0 Å². The highest BCUT2D eigenvalue weighted by atomic mass is 16.5. The van der Waals surface area contributed by atoms with Crippen LogP contribution >= 0.6 is 0 Å². The Labute approximate surface area is 79.8 Å². The van der Waals surface area contributed by atoms with Gasteiger partial charge in [0.15, 0.2) is 5.96 Å². The van der Waals surface area contributed by atoms with Crippen molar-refractivity contribution in [1.82, 2.24) is 4.90 Å². The minimum absolute atomic E-state index is 0.617. The van der Waals surface area contributed by atoms with Gasteiger partial charge in [-0.15, -0.1) is 0 Å². The molecule has 0 aromatic carbocycles. The van der Waals surface area contributed by atoms with E-state index in [-0.39, 0.29) is 0 Å². The number of nitrogens with zero attached hydrogens (tertiary/aromatic N) is 2. The average Bonchev–Trinajstić information content (AvgIpc) is 2.18. The molecule has 1 fully saturated rings. The predicted molar refractivity (Wildman–Crippen MR) is 53.7 cm³/mol. The van der Waals surface area contributed by atoms with Gasteiger partial charge in [-0.05, 0) is 18.8 Å². The van der Waals surface area contributed by atoms with Crippen molar-refractivity contribution in [2.45, 2.75) is 12.8 Å². The molecule has 2 N–H and O–H groups in total. The van der Waals surface area contributed by atoms with Crippen molar-refractivity contribution in [3.8, 4) is 0 Å². The number of hydrogen-bond donors (Lipinski definition) is 1. The zero-order chi connectivity index (χ0) is 9.68. The second kappa shape index (κ2) is 5.07. The number of aliphatic imine (C=N–C) groups is 1. The molecule has 0 radical (unpaired) electrons. The minimum atomic E-state index is 0.617. The molecular formula is C9H19N3O. The van der Waals surface area contributed by atoms with Crippen molar-refractivity contribution in [2.75, 3.05) is 33.9 Å². The Kier molecular flexibility index (Phi) is 4.02. The molecule has 1 aliphatic rings. The molecule has 0 saturated carbocycles. The van der Waals surface area contributed by atoms with Gasteiger partial charge in [-0.1, -0.05) is 0 Å². The van der Waals surface area contributed by atoms with E-state index in [4.69, 9.17) is 10.5 Å². The van der Waals surface area contributed by atoms with E-state index in [1.807, 2.05) is 11.9 Å². The molecule has 0 aromatic heterocycles. The highest BCUT2D eigenvalue weighted by Crippen LogP contribution is 2.15. The summed E-state index contributed by atoms with van der Waals surface area (Å²) in [5.74, 6) is 1.32. The Morgan fingerprint density at radius 1 is 1.54 bits per heavy atom. The number of guanidine groups is 1. The molecule has 13 heavy (non-hydrogen) atoms. The highest BCUT2D eigenvalue weighted by Gasteiger charge is 2.16. The molecule has 0 aliphatic carbocycles. The normalized spacial score (nSPS) is 20.3. The van der Waals surface area contributed by atoms with Crippen LogP contribution in [0.25, 0.3) is 0 Å². The van der Waals surface area contributed by atoms with Crippen molar-refractivity contribution in [3.63, 3.8) is 0 Å². The molecule has 4 nitrogen and oxygen atoms in total. The van der Waals surface area contributed by atoms with Gasteiger partial charge in [0, 0.05) is 33.9 Å². The summed E-state index contributed by atoms with van der Waals surface area (Å²) in [5.41, 5.74) is 5.68. The molecule has 0 bridgehead atoms. The monoisotopic (exact) mass is 185 g/mol. The smallest absolute Gasteiger partial charge is 0.190 e. The fourth-order valence-electron chi connectivity index (χ4n) is 1.58. The molecule has 0 amide bonds. The second-order valence-electron chi connectivity index (χ2n) is 3.52. The van der Waals surface area contributed by atoms with Gasteiger partial charge in [-0.25, -0.2) is 0 Å². The Morgan fingerprint density at radius 3 is 2.69 bits per heavy atom. The summed E-state index contributed by atoms with van der Waals surface area (Å²) in [7, 11) is 3.70. The lowest BCUT2D eigenvalue weighted by Gasteiger charge is -2.27. The molecule has 1 saturated heterocycles. The van der Waals surface area contributed by atoms with Gasteiger partial charge in [0.1, 0.15) is 0 Å². The number of hydrogen-bond acceptors (Lipinski definition) is 2. The van der Waals surface area contributed by atoms with Crippen LogP contribution in [0.4, 0.5) is 0 Å². The maximum atomic E-state index is 5.68. The van der Waals surface area contributed by atoms with Crippen molar-refractivity contribution in [1.29, 1.82) is 0 Å². The molecule has 76 valence electrons. The zero-order valence-electron chi connectivity index (χ0n) is 8.49. The topological polar surface area (TPSA) is 50.8 Å². The van der Waals surface area contributed by atoms with E-state index < -0.39 is 0 Å². The van der Waals surface area contributed by atoms with Gasteiger partial charge in [0.05, 0.1) is 0 Å². The van der Waals surface area contributed by atoms with Crippen LogP contribution in [0.3, 0.4) is 0 Å². The molecule has 0 atom stereocenters. The summed E-state index contributed by atoms with van der Waals surface area (Å²) in [4.78, 5) is 5.95. The van der Waals surface area contributed by atoms with Crippen LogP contribution in [0, 0.1) is 5.92 Å². The molecular weight excluding hydrogens is 166 g/mol.